The molecule has 0 bridgehead atoms. The Morgan fingerprint density at radius 3 is 2.79 bits per heavy atom. The number of Topliss-reactive ketones (excluding diaryl/α,β-unsaturated/α-hetero) is 1. The van der Waals surface area contributed by atoms with E-state index in [1.54, 1.807) is 17.4 Å². The highest BCUT2D eigenvalue weighted by molar-refractivity contribution is 7.25. The maximum Gasteiger partial charge on any atom is 0.328 e. The van der Waals surface area contributed by atoms with Crippen molar-refractivity contribution in [2.45, 2.75) is 6.92 Å². The Bertz CT molecular complexity index is 857. The average molecular weight is 266 g/mol. The maximum atomic E-state index is 11.7. The second kappa shape index (κ2) is 4.43. The normalized spacial score (nSPS) is 10.6. The topological polar surface area (TPSA) is 53.5 Å². The highest BCUT2D eigenvalue weighted by Gasteiger charge is 2.10. The number of thiophene rings is 1. The van der Waals surface area contributed by atoms with Crippen LogP contribution < -0.4 is 0 Å². The fraction of sp³-hybridized carbons (Fsp3) is 0.0667. The molecule has 0 radical (unpaired) electrons. The van der Waals surface area contributed by atoms with E-state index in [0.717, 1.165) is 16.3 Å². The first kappa shape index (κ1) is 11.8. The van der Waals surface area contributed by atoms with Crippen LogP contribution in [0, 0.1) is 6.92 Å². The summed E-state index contributed by atoms with van der Waals surface area (Å²) in [6.45, 7) is 2.07. The van der Waals surface area contributed by atoms with Gasteiger partial charge in [-0.15, -0.1) is 11.3 Å². The van der Waals surface area contributed by atoms with E-state index >= 15 is 0 Å². The minimum Gasteiger partial charge on any atom is -0.361 e. The fourth-order valence-electron chi connectivity index (χ4n) is 2.17. The summed E-state index contributed by atoms with van der Waals surface area (Å²) in [6.07, 6.45) is 0.915. The van der Waals surface area contributed by atoms with Gasteiger partial charge in [0.1, 0.15) is 0 Å². The van der Waals surface area contributed by atoms with Crippen LogP contribution in [0.15, 0.2) is 36.4 Å². The predicted octanol–water partition coefficient (Wildman–Crippen LogP) is 3.85. The van der Waals surface area contributed by atoms with Crippen LogP contribution in [0.25, 0.3) is 25.7 Å². The van der Waals surface area contributed by atoms with Crippen molar-refractivity contribution in [3.05, 3.63) is 53.1 Å². The summed E-state index contributed by atoms with van der Waals surface area (Å²) in [4.78, 5) is 14.4. The van der Waals surface area contributed by atoms with Gasteiger partial charge >= 0.3 is 6.21 Å². The minimum absolute atomic E-state index is 0.293. The van der Waals surface area contributed by atoms with E-state index in [1.807, 2.05) is 12.1 Å². The fourth-order valence-corrected chi connectivity index (χ4v) is 3.30. The summed E-state index contributed by atoms with van der Waals surface area (Å²) < 4.78 is 2.28. The first-order valence-electron chi connectivity index (χ1n) is 5.84. The third kappa shape index (κ3) is 1.97. The number of rotatable bonds is 2. The quantitative estimate of drug-likeness (QED) is 0.301. The number of hydrogen-bond acceptors (Lipinski definition) is 2. The zero-order chi connectivity index (χ0) is 13.4. The molecule has 2 aromatic carbocycles. The van der Waals surface area contributed by atoms with Crippen LogP contribution >= 0.6 is 11.3 Å². The smallest absolute Gasteiger partial charge is 0.328 e. The molecule has 0 fully saturated rings. The molecule has 0 spiro atoms. The van der Waals surface area contributed by atoms with Crippen molar-refractivity contribution in [3.63, 3.8) is 0 Å². The van der Waals surface area contributed by atoms with Crippen LogP contribution in [0.4, 0.5) is 0 Å². The van der Waals surface area contributed by atoms with E-state index in [1.165, 1.54) is 15.6 Å². The van der Waals surface area contributed by atoms with Gasteiger partial charge < -0.3 is 5.53 Å². The van der Waals surface area contributed by atoms with Crippen LogP contribution in [-0.2, 0) is 0 Å². The lowest BCUT2D eigenvalue weighted by atomic mass is 10.1. The Morgan fingerprint density at radius 2 is 2.00 bits per heavy atom. The molecule has 19 heavy (non-hydrogen) atoms. The molecule has 0 saturated heterocycles. The zero-order valence-electron chi connectivity index (χ0n) is 10.3. The molecule has 1 heterocycles. The summed E-state index contributed by atoms with van der Waals surface area (Å²) in [5, 5.41) is 2.37. The van der Waals surface area contributed by atoms with Crippen molar-refractivity contribution in [1.82, 2.24) is 0 Å². The first-order chi connectivity index (χ1) is 9.19. The summed E-state index contributed by atoms with van der Waals surface area (Å²) in [5.74, 6) is -0.293. The molecule has 3 rings (SSSR count). The Labute approximate surface area is 113 Å². The lowest BCUT2D eigenvalue weighted by Gasteiger charge is -1.95. The molecule has 0 N–H and O–H groups in total. The van der Waals surface area contributed by atoms with Gasteiger partial charge in [0, 0.05) is 25.7 Å². The highest BCUT2D eigenvalue weighted by atomic mass is 32.1. The van der Waals surface area contributed by atoms with Crippen molar-refractivity contribution in [2.75, 3.05) is 0 Å². The molecule has 0 saturated carbocycles. The number of hydrogen-bond donors (Lipinski definition) is 0. The molecule has 0 unspecified atom stereocenters. The number of nitrogens with zero attached hydrogens (tertiary/aromatic N) is 2. The van der Waals surface area contributed by atoms with Gasteiger partial charge in [-0.2, -0.15) is 4.79 Å². The molecule has 92 valence electrons. The minimum atomic E-state index is -0.293. The number of carbonyl (C=O) groups is 1. The van der Waals surface area contributed by atoms with Crippen LogP contribution in [0.5, 0.6) is 0 Å². The molecule has 0 aliphatic heterocycles. The van der Waals surface area contributed by atoms with Gasteiger partial charge in [-0.05, 0) is 25.1 Å². The Hall–Kier alpha value is -2.29. The second-order valence-electron chi connectivity index (χ2n) is 4.42. The number of fused-ring (bicyclic) bond motifs is 3. The molecule has 4 heteroatoms. The van der Waals surface area contributed by atoms with Crippen LogP contribution in [0.1, 0.15) is 15.9 Å². The standard InChI is InChI=1S/C15H10N2OS/c1-9-2-5-14-12(6-9)11-4-3-10(7-15(11)19-14)13(18)8-17-16/h2-8H,1H3. The van der Waals surface area contributed by atoms with Gasteiger partial charge in [0.2, 0.25) is 0 Å². The third-order valence-corrected chi connectivity index (χ3v) is 4.22. The highest BCUT2D eigenvalue weighted by Crippen LogP contribution is 2.34. The number of carbonyl (C=O) groups excluding carboxylic acids is 1. The average Bonchev–Trinajstić information content (AvgIpc) is 2.76. The monoisotopic (exact) mass is 266 g/mol. The SMILES string of the molecule is Cc1ccc2sc3cc(C(=O)C=[N+]=[N-])ccc3c2c1. The summed E-state index contributed by atoms with van der Waals surface area (Å²) >= 11 is 1.66. The molecule has 0 amide bonds. The lowest BCUT2D eigenvalue weighted by molar-refractivity contribution is 0.00235. The number of benzene rings is 2. The molecule has 0 atom stereocenters. The van der Waals surface area contributed by atoms with E-state index in [9.17, 15) is 4.79 Å². The lowest BCUT2D eigenvalue weighted by Crippen LogP contribution is -1.99. The van der Waals surface area contributed by atoms with Crippen molar-refractivity contribution in [3.8, 4) is 0 Å². The van der Waals surface area contributed by atoms with Crippen molar-refractivity contribution in [1.29, 1.82) is 0 Å². The molecule has 3 aromatic rings. The summed E-state index contributed by atoms with van der Waals surface area (Å²) in [5.41, 5.74) is 10.2. The molecule has 0 aliphatic rings. The van der Waals surface area contributed by atoms with Gasteiger partial charge in [0.25, 0.3) is 5.78 Å². The largest absolute Gasteiger partial charge is 0.361 e. The van der Waals surface area contributed by atoms with E-state index in [4.69, 9.17) is 5.53 Å². The number of ketones is 1. The second-order valence-corrected chi connectivity index (χ2v) is 5.51. The molecule has 0 aliphatic carbocycles. The summed E-state index contributed by atoms with van der Waals surface area (Å²) in [7, 11) is 0. The molecule has 1 aromatic heterocycles. The van der Waals surface area contributed by atoms with Crippen LogP contribution in [-0.4, -0.2) is 16.8 Å². The van der Waals surface area contributed by atoms with Crippen LogP contribution in [0.3, 0.4) is 0 Å². The summed E-state index contributed by atoms with van der Waals surface area (Å²) in [6, 6.07) is 11.9. The van der Waals surface area contributed by atoms with Crippen molar-refractivity contribution < 1.29 is 9.58 Å². The van der Waals surface area contributed by atoms with Gasteiger partial charge in [-0.1, -0.05) is 23.8 Å². The Kier molecular flexibility index (Phi) is 2.75. The van der Waals surface area contributed by atoms with E-state index < -0.39 is 0 Å². The van der Waals surface area contributed by atoms with E-state index in [2.05, 4.69) is 29.9 Å². The zero-order valence-corrected chi connectivity index (χ0v) is 11.1. The van der Waals surface area contributed by atoms with E-state index in [0.29, 0.717) is 5.56 Å². The predicted molar refractivity (Wildman–Crippen MR) is 78.1 cm³/mol. The Morgan fingerprint density at radius 1 is 1.16 bits per heavy atom. The van der Waals surface area contributed by atoms with Crippen molar-refractivity contribution in [2.24, 2.45) is 0 Å². The Balaban J connectivity index is 2.27. The van der Waals surface area contributed by atoms with Gasteiger partial charge in [0.05, 0.1) is 0 Å². The van der Waals surface area contributed by atoms with Gasteiger partial charge in [-0.3, -0.25) is 4.79 Å². The number of aryl methyl sites for hydroxylation is 1. The third-order valence-electron chi connectivity index (χ3n) is 3.09. The molecular weight excluding hydrogens is 256 g/mol. The van der Waals surface area contributed by atoms with Gasteiger partial charge in [0.15, 0.2) is 0 Å². The van der Waals surface area contributed by atoms with E-state index in [-0.39, 0.29) is 5.78 Å². The molecular formula is C15H10N2OS. The van der Waals surface area contributed by atoms with Crippen LogP contribution in [0.2, 0.25) is 0 Å². The van der Waals surface area contributed by atoms with Gasteiger partial charge in [-0.25, -0.2) is 0 Å². The molecule has 3 nitrogen and oxygen atoms in total. The maximum absolute atomic E-state index is 11.7. The van der Waals surface area contributed by atoms with Crippen molar-refractivity contribution >= 4 is 43.5 Å². The first-order valence-corrected chi connectivity index (χ1v) is 6.65.